The first-order valence-corrected chi connectivity index (χ1v) is 7.99. The van der Waals surface area contributed by atoms with Crippen LogP contribution in [0.5, 0.6) is 0 Å². The lowest BCUT2D eigenvalue weighted by molar-refractivity contribution is 0.177. The second kappa shape index (κ2) is 6.40. The molecule has 1 aliphatic heterocycles. The van der Waals surface area contributed by atoms with E-state index in [4.69, 9.17) is 0 Å². The lowest BCUT2D eigenvalue weighted by atomic mass is 9.94. The molecule has 0 N–H and O–H groups in total. The van der Waals surface area contributed by atoms with Crippen LogP contribution in [0.15, 0.2) is 30.5 Å². The average molecular weight is 271 g/mol. The van der Waals surface area contributed by atoms with Crippen LogP contribution in [0.2, 0.25) is 0 Å². The third-order valence-corrected chi connectivity index (χ3v) is 4.68. The van der Waals surface area contributed by atoms with Gasteiger partial charge in [-0.2, -0.15) is 5.10 Å². The lowest BCUT2D eigenvalue weighted by Gasteiger charge is -2.31. The Kier molecular flexibility index (Phi) is 4.36. The molecule has 0 aliphatic carbocycles. The zero-order valence-corrected chi connectivity index (χ0v) is 12.5. The first-order valence-electron chi connectivity index (χ1n) is 7.99. The summed E-state index contributed by atoms with van der Waals surface area (Å²) in [5, 5.41) is 5.75. The molecule has 1 aliphatic rings. The van der Waals surface area contributed by atoms with Gasteiger partial charge in [0.25, 0.3) is 0 Å². The van der Waals surface area contributed by atoms with Gasteiger partial charge in [0.05, 0.1) is 11.7 Å². The minimum atomic E-state index is 0.973. The summed E-state index contributed by atoms with van der Waals surface area (Å²) < 4.78 is 2.15. The van der Waals surface area contributed by atoms with E-state index in [1.807, 2.05) is 6.20 Å². The highest BCUT2D eigenvalue weighted by Gasteiger charge is 2.17. The molecule has 1 aromatic heterocycles. The Morgan fingerprint density at radius 3 is 2.75 bits per heavy atom. The molecular formula is C17H25N3. The summed E-state index contributed by atoms with van der Waals surface area (Å²) in [5.41, 5.74) is 1.26. The molecular weight excluding hydrogens is 246 g/mol. The minimum absolute atomic E-state index is 0.973. The highest BCUT2D eigenvalue weighted by atomic mass is 15.3. The van der Waals surface area contributed by atoms with Crippen LogP contribution in [0.4, 0.5) is 0 Å². The maximum Gasteiger partial charge on any atom is 0.0682 e. The molecule has 0 saturated carbocycles. The molecule has 3 rings (SSSR count). The second-order valence-corrected chi connectivity index (χ2v) is 5.97. The fourth-order valence-electron chi connectivity index (χ4n) is 3.27. The van der Waals surface area contributed by atoms with Crippen molar-refractivity contribution in [3.05, 3.63) is 30.5 Å². The summed E-state index contributed by atoms with van der Waals surface area (Å²) in [6, 6.07) is 8.46. The first kappa shape index (κ1) is 13.6. The molecule has 2 aromatic rings. The van der Waals surface area contributed by atoms with Gasteiger partial charge in [0.15, 0.2) is 0 Å². The molecule has 0 unspecified atom stereocenters. The molecule has 3 heteroatoms. The molecule has 0 spiro atoms. The zero-order valence-electron chi connectivity index (χ0n) is 12.5. The van der Waals surface area contributed by atoms with Crippen LogP contribution in [0.3, 0.4) is 0 Å². The second-order valence-electron chi connectivity index (χ2n) is 5.97. The Hall–Kier alpha value is -1.35. The van der Waals surface area contributed by atoms with E-state index in [1.54, 1.807) is 0 Å². The fraction of sp³-hybridized carbons (Fsp3) is 0.588. The Morgan fingerprint density at radius 1 is 1.15 bits per heavy atom. The summed E-state index contributed by atoms with van der Waals surface area (Å²) in [4.78, 5) is 2.62. The SMILES string of the molecule is CCC1CCN(CCCn2ncc3ccccc32)CC1. The number of aromatic nitrogens is 2. The van der Waals surface area contributed by atoms with E-state index >= 15 is 0 Å². The van der Waals surface area contributed by atoms with E-state index in [-0.39, 0.29) is 0 Å². The number of aryl methyl sites for hydroxylation is 1. The third kappa shape index (κ3) is 3.04. The minimum Gasteiger partial charge on any atom is -0.303 e. The molecule has 0 atom stereocenters. The largest absolute Gasteiger partial charge is 0.303 e. The van der Waals surface area contributed by atoms with E-state index in [0.29, 0.717) is 0 Å². The Balaban J connectivity index is 1.48. The van der Waals surface area contributed by atoms with Gasteiger partial charge in [-0.05, 0) is 50.9 Å². The fourth-order valence-corrected chi connectivity index (χ4v) is 3.27. The number of rotatable bonds is 5. The van der Waals surface area contributed by atoms with Crippen molar-refractivity contribution < 1.29 is 0 Å². The maximum absolute atomic E-state index is 4.50. The molecule has 0 bridgehead atoms. The quantitative estimate of drug-likeness (QED) is 0.829. The Bertz CT molecular complexity index is 538. The van der Waals surface area contributed by atoms with E-state index in [0.717, 1.165) is 12.5 Å². The summed E-state index contributed by atoms with van der Waals surface area (Å²) in [6.07, 6.45) is 7.31. The van der Waals surface area contributed by atoms with Crippen LogP contribution < -0.4 is 0 Å². The average Bonchev–Trinajstić information content (AvgIpc) is 2.92. The van der Waals surface area contributed by atoms with Crippen LogP contribution in [0.1, 0.15) is 32.6 Å². The predicted octanol–water partition coefficient (Wildman–Crippen LogP) is 3.55. The Labute approximate surface area is 121 Å². The highest BCUT2D eigenvalue weighted by Crippen LogP contribution is 2.20. The van der Waals surface area contributed by atoms with Crippen LogP contribution >= 0.6 is 0 Å². The van der Waals surface area contributed by atoms with Crippen molar-refractivity contribution in [2.75, 3.05) is 19.6 Å². The summed E-state index contributed by atoms with van der Waals surface area (Å²) in [6.45, 7) is 7.14. The molecule has 1 fully saturated rings. The predicted molar refractivity (Wildman–Crippen MR) is 83.8 cm³/mol. The van der Waals surface area contributed by atoms with Crippen molar-refractivity contribution >= 4 is 10.9 Å². The number of benzene rings is 1. The number of piperidine rings is 1. The van der Waals surface area contributed by atoms with Gasteiger partial charge in [-0.1, -0.05) is 31.5 Å². The van der Waals surface area contributed by atoms with Gasteiger partial charge >= 0.3 is 0 Å². The van der Waals surface area contributed by atoms with Crippen LogP contribution in [0.25, 0.3) is 10.9 Å². The summed E-state index contributed by atoms with van der Waals surface area (Å²) >= 11 is 0. The van der Waals surface area contributed by atoms with Gasteiger partial charge in [-0.25, -0.2) is 0 Å². The normalized spacial score (nSPS) is 17.9. The van der Waals surface area contributed by atoms with Gasteiger partial charge < -0.3 is 4.90 Å². The highest BCUT2D eigenvalue weighted by molar-refractivity contribution is 5.78. The van der Waals surface area contributed by atoms with Gasteiger partial charge in [-0.15, -0.1) is 0 Å². The molecule has 1 saturated heterocycles. The van der Waals surface area contributed by atoms with Crippen molar-refractivity contribution in [3.63, 3.8) is 0 Å². The van der Waals surface area contributed by atoms with Gasteiger partial charge in [0.2, 0.25) is 0 Å². The molecule has 20 heavy (non-hydrogen) atoms. The molecule has 3 nitrogen and oxygen atoms in total. The van der Waals surface area contributed by atoms with Crippen molar-refractivity contribution in [2.24, 2.45) is 5.92 Å². The number of likely N-dealkylation sites (tertiary alicyclic amines) is 1. The monoisotopic (exact) mass is 271 g/mol. The standard InChI is InChI=1S/C17H25N3/c1-2-15-8-12-19(13-9-15)10-5-11-20-17-7-4-3-6-16(17)14-18-20/h3-4,6-7,14-15H,2,5,8-13H2,1H3. The molecule has 108 valence electrons. The van der Waals surface area contributed by atoms with Gasteiger partial charge in [0, 0.05) is 11.9 Å². The van der Waals surface area contributed by atoms with Crippen molar-refractivity contribution in [2.45, 2.75) is 39.2 Å². The number of nitrogens with zero attached hydrogens (tertiary/aromatic N) is 3. The van der Waals surface area contributed by atoms with Crippen molar-refractivity contribution in [3.8, 4) is 0 Å². The number of fused-ring (bicyclic) bond motifs is 1. The number of hydrogen-bond donors (Lipinski definition) is 0. The van der Waals surface area contributed by atoms with Gasteiger partial charge in [0.1, 0.15) is 0 Å². The van der Waals surface area contributed by atoms with E-state index in [1.165, 1.54) is 56.2 Å². The molecule has 2 heterocycles. The topological polar surface area (TPSA) is 21.1 Å². The van der Waals surface area contributed by atoms with E-state index in [9.17, 15) is 0 Å². The summed E-state index contributed by atoms with van der Waals surface area (Å²) in [7, 11) is 0. The van der Waals surface area contributed by atoms with E-state index < -0.39 is 0 Å². The zero-order chi connectivity index (χ0) is 13.8. The van der Waals surface area contributed by atoms with Crippen LogP contribution in [0, 0.1) is 5.92 Å². The number of para-hydroxylation sites is 1. The molecule has 1 aromatic carbocycles. The Morgan fingerprint density at radius 2 is 1.95 bits per heavy atom. The maximum atomic E-state index is 4.50. The molecule has 0 amide bonds. The van der Waals surface area contributed by atoms with Crippen LogP contribution in [-0.4, -0.2) is 34.3 Å². The third-order valence-electron chi connectivity index (χ3n) is 4.68. The smallest absolute Gasteiger partial charge is 0.0682 e. The van der Waals surface area contributed by atoms with Crippen molar-refractivity contribution in [1.29, 1.82) is 0 Å². The van der Waals surface area contributed by atoms with E-state index in [2.05, 4.69) is 45.9 Å². The van der Waals surface area contributed by atoms with Crippen LogP contribution in [-0.2, 0) is 6.54 Å². The number of hydrogen-bond acceptors (Lipinski definition) is 2. The first-order chi connectivity index (χ1) is 9.86. The molecule has 0 radical (unpaired) electrons. The van der Waals surface area contributed by atoms with Gasteiger partial charge in [-0.3, -0.25) is 4.68 Å². The summed E-state index contributed by atoms with van der Waals surface area (Å²) in [5.74, 6) is 0.973. The van der Waals surface area contributed by atoms with Crippen molar-refractivity contribution in [1.82, 2.24) is 14.7 Å². The lowest BCUT2D eigenvalue weighted by Crippen LogP contribution is -2.34.